The number of halogens is 2. The van der Waals surface area contributed by atoms with Crippen molar-refractivity contribution in [3.63, 3.8) is 0 Å². The molecule has 7 heterocycles. The molecule has 3 aromatic heterocycles. The number of aromatic nitrogens is 3. The highest BCUT2D eigenvalue weighted by Crippen LogP contribution is 2.46. The first kappa shape index (κ1) is 49.9. The van der Waals surface area contributed by atoms with Gasteiger partial charge in [-0.25, -0.2) is 8.78 Å². The Kier molecular flexibility index (Phi) is 10.0. The van der Waals surface area contributed by atoms with Gasteiger partial charge < -0.3 is 23.3 Å². The normalized spacial score (nSPS) is 13.5. The molecule has 414 valence electrons. The third-order valence-corrected chi connectivity index (χ3v) is 20.3. The van der Waals surface area contributed by atoms with E-state index in [0.29, 0.717) is 11.4 Å². The molecule has 0 fully saturated rings. The summed E-state index contributed by atoms with van der Waals surface area (Å²) in [6.07, 6.45) is 0. The molecule has 4 aliphatic rings. The molecule has 19 rings (SSSR count). The van der Waals surface area contributed by atoms with Gasteiger partial charge in [0.1, 0.15) is 28.8 Å². The van der Waals surface area contributed by atoms with E-state index in [4.69, 9.17) is 4.74 Å². The molecule has 0 aliphatic carbocycles. The summed E-state index contributed by atoms with van der Waals surface area (Å²) < 4.78 is 49.7. The van der Waals surface area contributed by atoms with E-state index >= 15 is 8.78 Å². The van der Waals surface area contributed by atoms with Gasteiger partial charge in [-0.1, -0.05) is 173 Å². The highest BCUT2D eigenvalue weighted by molar-refractivity contribution is 7.03. The second-order valence-electron chi connectivity index (χ2n) is 25.3. The molecule has 0 N–H and O–H groups in total. The Labute approximate surface area is 508 Å². The van der Waals surface area contributed by atoms with Crippen LogP contribution >= 0.6 is 0 Å². The van der Waals surface area contributed by atoms with Crippen molar-refractivity contribution in [1.29, 1.82) is 0 Å². The lowest BCUT2D eigenvalue weighted by atomic mass is 9.29. The number of para-hydroxylation sites is 7. The SMILES string of the molecule is Cc1cc(C)c2c(c1)-n1c3ccccc3c3cccc(c31)B2c1cc2c(cc1C)Oc1cc(-n3c4ccccc4c4ccccc43)cc3c1B2c1cc(B2c4c(C)cc(C)cc4-n4c5ccccc5c5cccc2c54)c(C)cc1N3c1c(F)cccc1F. The van der Waals surface area contributed by atoms with Crippen LogP contribution in [0.15, 0.2) is 212 Å². The summed E-state index contributed by atoms with van der Waals surface area (Å²) in [5.41, 5.74) is 28.4. The molecule has 0 unspecified atom stereocenters. The monoisotopic (exact) mass is 1130 g/mol. The third kappa shape index (κ3) is 6.46. The zero-order valence-corrected chi connectivity index (χ0v) is 49.4. The second-order valence-corrected chi connectivity index (χ2v) is 25.3. The number of anilines is 3. The standard InChI is InChI=1S/C78H53B3F2N4O/c1-42-32-46(5)73-68(34-42)85-65-30-13-9-20-51(65)53-22-15-24-55(76(53)85)79(73)57-40-59-67(36-44(57)3)87(78-61(82)26-17-27-62(78)83)70-38-48(84-63-28-11-7-18-49(63)50-19-8-12-29-64(50)84)39-72-75(70)81(59)60-41-58(45(4)37-71(60)88-72)80-56-25-16-23-54-52-21-10-14-31-66(52)86(77(54)56)69-35-43(2)33-47(6)74(69)80/h7-41H,1-6H3. The Morgan fingerprint density at radius 2 is 0.761 bits per heavy atom. The topological polar surface area (TPSA) is 27.3 Å². The molecule has 0 saturated heterocycles. The van der Waals surface area contributed by atoms with Crippen LogP contribution in [0.25, 0.3) is 82.5 Å². The lowest BCUT2D eigenvalue weighted by Crippen LogP contribution is -2.64. The average Bonchev–Trinajstić information content (AvgIpc) is 1.80. The van der Waals surface area contributed by atoms with Gasteiger partial charge in [0.05, 0.1) is 27.8 Å². The van der Waals surface area contributed by atoms with Gasteiger partial charge in [0, 0.05) is 72.2 Å². The largest absolute Gasteiger partial charge is 0.458 e. The number of ether oxygens (including phenoxy) is 1. The molecule has 88 heavy (non-hydrogen) atoms. The fourth-order valence-corrected chi connectivity index (χ4v) is 17.0. The van der Waals surface area contributed by atoms with E-state index in [9.17, 15) is 0 Å². The van der Waals surface area contributed by atoms with Gasteiger partial charge in [0.25, 0.3) is 6.71 Å². The zero-order chi connectivity index (χ0) is 58.9. The lowest BCUT2D eigenvalue weighted by Gasteiger charge is -2.42. The van der Waals surface area contributed by atoms with E-state index < -0.39 is 18.3 Å². The van der Waals surface area contributed by atoms with Crippen molar-refractivity contribution in [3.05, 3.63) is 257 Å². The minimum absolute atomic E-state index is 0.136. The van der Waals surface area contributed by atoms with E-state index in [1.54, 1.807) is 0 Å². The maximum atomic E-state index is 17.4. The Bertz CT molecular complexity index is 5640. The molecule has 0 spiro atoms. The van der Waals surface area contributed by atoms with Crippen LogP contribution in [0, 0.1) is 53.2 Å². The fourth-order valence-electron chi connectivity index (χ4n) is 17.0. The molecule has 0 atom stereocenters. The van der Waals surface area contributed by atoms with Gasteiger partial charge in [-0.3, -0.25) is 0 Å². The van der Waals surface area contributed by atoms with E-state index in [0.717, 1.165) is 71.9 Å². The molecular weight excluding hydrogens is 1080 g/mol. The van der Waals surface area contributed by atoms with Gasteiger partial charge in [0.15, 0.2) is 0 Å². The first-order valence-corrected chi connectivity index (χ1v) is 30.6. The number of hydrogen-bond acceptors (Lipinski definition) is 2. The van der Waals surface area contributed by atoms with Gasteiger partial charge in [-0.15, -0.1) is 0 Å². The van der Waals surface area contributed by atoms with Crippen LogP contribution in [-0.4, -0.2) is 33.8 Å². The third-order valence-electron chi connectivity index (χ3n) is 20.3. The Morgan fingerprint density at radius 3 is 1.30 bits per heavy atom. The predicted octanol–water partition coefficient (Wildman–Crippen LogP) is 13.2. The summed E-state index contributed by atoms with van der Waals surface area (Å²) in [7, 11) is 0. The van der Waals surface area contributed by atoms with Crippen molar-refractivity contribution in [2.75, 3.05) is 4.90 Å². The number of rotatable bonds is 4. The van der Waals surface area contributed by atoms with Crippen LogP contribution < -0.4 is 58.8 Å². The predicted molar refractivity (Wildman–Crippen MR) is 366 cm³/mol. The molecule has 12 aromatic carbocycles. The van der Waals surface area contributed by atoms with Gasteiger partial charge in [-0.2, -0.15) is 0 Å². The van der Waals surface area contributed by atoms with Crippen molar-refractivity contribution in [2.24, 2.45) is 0 Å². The summed E-state index contributed by atoms with van der Waals surface area (Å²) in [5.74, 6) is 0.0881. The number of hydrogen-bond donors (Lipinski definition) is 0. The van der Waals surface area contributed by atoms with Crippen LogP contribution in [0.2, 0.25) is 0 Å². The summed E-state index contributed by atoms with van der Waals surface area (Å²) in [6.45, 7) is 12.6. The van der Waals surface area contributed by atoms with E-state index in [-0.39, 0.29) is 19.1 Å². The van der Waals surface area contributed by atoms with Crippen molar-refractivity contribution in [3.8, 4) is 28.6 Å². The zero-order valence-electron chi connectivity index (χ0n) is 49.4. The maximum absolute atomic E-state index is 17.4. The lowest BCUT2D eigenvalue weighted by molar-refractivity contribution is 0.487. The van der Waals surface area contributed by atoms with Crippen LogP contribution in [-0.2, 0) is 0 Å². The molecule has 10 heteroatoms. The molecule has 0 bridgehead atoms. The average molecular weight is 1130 g/mol. The molecule has 15 aromatic rings. The minimum Gasteiger partial charge on any atom is -0.458 e. The van der Waals surface area contributed by atoms with Crippen LogP contribution in [0.5, 0.6) is 11.5 Å². The Morgan fingerprint density at radius 1 is 0.318 bits per heavy atom. The Balaban J connectivity index is 0.927. The quantitative estimate of drug-likeness (QED) is 0.164. The summed E-state index contributed by atoms with van der Waals surface area (Å²) in [6, 6.07) is 75.4. The van der Waals surface area contributed by atoms with Gasteiger partial charge >= 0.3 is 0 Å². The summed E-state index contributed by atoms with van der Waals surface area (Å²) >= 11 is 0. The van der Waals surface area contributed by atoms with E-state index in [1.807, 2.05) is 4.90 Å². The van der Waals surface area contributed by atoms with Crippen LogP contribution in [0.1, 0.15) is 33.4 Å². The molecule has 4 aliphatic heterocycles. The molecule has 0 radical (unpaired) electrons. The number of benzene rings is 12. The van der Waals surface area contributed by atoms with E-state index in [1.165, 1.54) is 123 Å². The molecule has 5 nitrogen and oxygen atoms in total. The first-order chi connectivity index (χ1) is 43.0. The van der Waals surface area contributed by atoms with Crippen LogP contribution in [0.4, 0.5) is 25.8 Å². The van der Waals surface area contributed by atoms with Gasteiger partial charge in [-0.05, 0) is 158 Å². The number of fused-ring (bicyclic) bond motifs is 17. The second kappa shape index (κ2) is 17.7. The Hall–Kier alpha value is -10.3. The van der Waals surface area contributed by atoms with E-state index in [2.05, 4.69) is 249 Å². The van der Waals surface area contributed by atoms with Crippen molar-refractivity contribution >= 4 is 152 Å². The maximum Gasteiger partial charge on any atom is 0.256 e. The molecule has 0 saturated carbocycles. The number of aryl methyl sites for hydroxylation is 6. The first-order valence-electron chi connectivity index (χ1n) is 30.6. The summed E-state index contributed by atoms with van der Waals surface area (Å²) in [5, 5.41) is 7.11. The van der Waals surface area contributed by atoms with Crippen molar-refractivity contribution in [1.82, 2.24) is 13.7 Å². The highest BCUT2D eigenvalue weighted by Gasteiger charge is 2.47. The summed E-state index contributed by atoms with van der Waals surface area (Å²) in [4.78, 5) is 1.87. The van der Waals surface area contributed by atoms with Crippen molar-refractivity contribution < 1.29 is 13.5 Å². The van der Waals surface area contributed by atoms with Gasteiger partial charge in [0.2, 0.25) is 13.4 Å². The fraction of sp³-hybridized carbons (Fsp3) is 0.0769. The molecule has 0 amide bonds. The smallest absolute Gasteiger partial charge is 0.256 e. The van der Waals surface area contributed by atoms with Crippen LogP contribution in [0.3, 0.4) is 0 Å². The highest BCUT2D eigenvalue weighted by atomic mass is 19.1. The number of nitrogens with zero attached hydrogens (tertiary/aromatic N) is 4. The minimum atomic E-state index is -0.656. The van der Waals surface area contributed by atoms with Crippen molar-refractivity contribution in [2.45, 2.75) is 41.5 Å². The molecular formula is C78H53B3F2N4O.